The molecule has 0 spiro atoms. The minimum atomic E-state index is -3.96. The third-order valence-corrected chi connectivity index (χ3v) is 4.78. The molecule has 1 aliphatic rings. The first-order valence-corrected chi connectivity index (χ1v) is 8.43. The van der Waals surface area contributed by atoms with E-state index in [1.54, 1.807) is 0 Å². The summed E-state index contributed by atoms with van der Waals surface area (Å²) in [5.74, 6) is -1.37. The van der Waals surface area contributed by atoms with Crippen LogP contribution in [-0.2, 0) is 10.0 Å². The molecule has 0 bridgehead atoms. The van der Waals surface area contributed by atoms with Crippen molar-refractivity contribution in [3.8, 4) is 0 Å². The molecule has 0 saturated heterocycles. The minimum Gasteiger partial charge on any atom is -0.351 e. The Labute approximate surface area is 123 Å². The SMILES string of the molecule is CCCC1(CNC(=O)c2cc(S(N)(=O)=O)ccc2F)CC1. The predicted molar refractivity (Wildman–Crippen MR) is 76.7 cm³/mol. The first-order chi connectivity index (χ1) is 9.77. The Morgan fingerprint density at radius 2 is 2.10 bits per heavy atom. The van der Waals surface area contributed by atoms with Crippen molar-refractivity contribution in [3.63, 3.8) is 0 Å². The van der Waals surface area contributed by atoms with Gasteiger partial charge in [-0.3, -0.25) is 4.79 Å². The van der Waals surface area contributed by atoms with E-state index < -0.39 is 21.7 Å². The molecule has 0 unspecified atom stereocenters. The molecule has 2 rings (SSSR count). The summed E-state index contributed by atoms with van der Waals surface area (Å²) < 4.78 is 36.2. The van der Waals surface area contributed by atoms with Crippen molar-refractivity contribution < 1.29 is 17.6 Å². The van der Waals surface area contributed by atoms with E-state index in [2.05, 4.69) is 12.2 Å². The lowest BCUT2D eigenvalue weighted by atomic mass is 10.0. The fourth-order valence-corrected chi connectivity index (χ4v) is 2.98. The standard InChI is InChI=1S/C14H19FN2O3S/c1-2-5-14(6-7-14)9-17-13(18)11-8-10(21(16,19)20)3-4-12(11)15/h3-4,8H,2,5-7,9H2,1H3,(H,17,18)(H2,16,19,20). The molecular formula is C14H19FN2O3S. The zero-order valence-corrected chi connectivity index (χ0v) is 12.7. The molecule has 1 aromatic carbocycles. The molecule has 0 aliphatic heterocycles. The Kier molecular flexibility index (Phi) is 4.34. The van der Waals surface area contributed by atoms with Gasteiger partial charge >= 0.3 is 0 Å². The summed E-state index contributed by atoms with van der Waals surface area (Å²) in [6.07, 6.45) is 4.17. The molecule has 116 valence electrons. The number of nitrogens with one attached hydrogen (secondary N) is 1. The van der Waals surface area contributed by atoms with Crippen LogP contribution in [0.5, 0.6) is 0 Å². The molecular weight excluding hydrogens is 295 g/mol. The number of rotatable bonds is 6. The third-order valence-electron chi connectivity index (χ3n) is 3.87. The van der Waals surface area contributed by atoms with Gasteiger partial charge in [-0.2, -0.15) is 0 Å². The maximum atomic E-state index is 13.7. The van der Waals surface area contributed by atoms with Gasteiger partial charge in [0.05, 0.1) is 10.5 Å². The number of halogens is 1. The number of amides is 1. The second-order valence-electron chi connectivity index (χ2n) is 5.62. The molecule has 0 heterocycles. The lowest BCUT2D eigenvalue weighted by molar-refractivity contribution is 0.0939. The average Bonchev–Trinajstić information content (AvgIpc) is 3.16. The van der Waals surface area contributed by atoms with E-state index >= 15 is 0 Å². The summed E-state index contributed by atoms with van der Waals surface area (Å²) >= 11 is 0. The molecule has 1 saturated carbocycles. The zero-order valence-electron chi connectivity index (χ0n) is 11.9. The van der Waals surface area contributed by atoms with Crippen molar-refractivity contribution in [2.24, 2.45) is 10.6 Å². The highest BCUT2D eigenvalue weighted by molar-refractivity contribution is 7.89. The van der Waals surface area contributed by atoms with Crippen molar-refractivity contribution in [2.75, 3.05) is 6.54 Å². The molecule has 1 aliphatic carbocycles. The van der Waals surface area contributed by atoms with Crippen LogP contribution in [0.1, 0.15) is 43.0 Å². The van der Waals surface area contributed by atoms with Gasteiger partial charge in [0.15, 0.2) is 0 Å². The number of hydrogen-bond acceptors (Lipinski definition) is 3. The van der Waals surface area contributed by atoms with Gasteiger partial charge in [-0.15, -0.1) is 0 Å². The molecule has 1 amide bonds. The van der Waals surface area contributed by atoms with Crippen LogP contribution in [0, 0.1) is 11.2 Å². The summed E-state index contributed by atoms with van der Waals surface area (Å²) in [5.41, 5.74) is -0.160. The van der Waals surface area contributed by atoms with Gasteiger partial charge in [0.2, 0.25) is 10.0 Å². The van der Waals surface area contributed by atoms with Crippen LogP contribution in [0.25, 0.3) is 0 Å². The molecule has 3 N–H and O–H groups in total. The summed E-state index contributed by atoms with van der Waals surface area (Å²) in [4.78, 5) is 11.8. The predicted octanol–water partition coefficient (Wildman–Crippen LogP) is 1.78. The van der Waals surface area contributed by atoms with Crippen molar-refractivity contribution in [1.29, 1.82) is 0 Å². The first-order valence-electron chi connectivity index (χ1n) is 6.88. The summed E-state index contributed by atoms with van der Waals surface area (Å²) in [6.45, 7) is 2.57. The van der Waals surface area contributed by atoms with Gasteiger partial charge in [0.1, 0.15) is 5.82 Å². The minimum absolute atomic E-state index is 0.137. The number of primary sulfonamides is 1. The molecule has 0 atom stereocenters. The number of hydrogen-bond donors (Lipinski definition) is 2. The van der Waals surface area contributed by atoms with Gasteiger partial charge < -0.3 is 5.32 Å². The van der Waals surface area contributed by atoms with Crippen LogP contribution in [0.2, 0.25) is 0 Å². The van der Waals surface area contributed by atoms with Gasteiger partial charge in [0, 0.05) is 6.54 Å². The molecule has 1 fully saturated rings. The Bertz CT molecular complexity index is 654. The van der Waals surface area contributed by atoms with E-state index in [9.17, 15) is 17.6 Å². The van der Waals surface area contributed by atoms with Crippen molar-refractivity contribution in [1.82, 2.24) is 5.32 Å². The maximum Gasteiger partial charge on any atom is 0.254 e. The van der Waals surface area contributed by atoms with Gasteiger partial charge in [0.25, 0.3) is 5.91 Å². The molecule has 1 aromatic rings. The Morgan fingerprint density at radius 3 is 2.62 bits per heavy atom. The Balaban J connectivity index is 2.12. The van der Waals surface area contributed by atoms with Crippen LogP contribution in [0.3, 0.4) is 0 Å². The fourth-order valence-electron chi connectivity index (χ4n) is 2.44. The number of carbonyl (C=O) groups is 1. The number of benzene rings is 1. The van der Waals surface area contributed by atoms with Crippen LogP contribution in [0.4, 0.5) is 4.39 Å². The van der Waals surface area contributed by atoms with Gasteiger partial charge in [-0.05, 0) is 42.9 Å². The van der Waals surface area contributed by atoms with E-state index in [1.165, 1.54) is 0 Å². The second-order valence-corrected chi connectivity index (χ2v) is 7.18. The molecule has 7 heteroatoms. The topological polar surface area (TPSA) is 89.3 Å². The molecule has 0 radical (unpaired) electrons. The zero-order chi connectivity index (χ0) is 15.7. The summed E-state index contributed by atoms with van der Waals surface area (Å²) in [7, 11) is -3.96. The summed E-state index contributed by atoms with van der Waals surface area (Å²) in [6, 6.07) is 2.95. The van der Waals surface area contributed by atoms with E-state index in [-0.39, 0.29) is 15.9 Å². The number of carbonyl (C=O) groups excluding carboxylic acids is 1. The quantitative estimate of drug-likeness (QED) is 0.839. The van der Waals surface area contributed by atoms with Crippen LogP contribution in [-0.4, -0.2) is 20.9 Å². The monoisotopic (exact) mass is 314 g/mol. The van der Waals surface area contributed by atoms with Crippen molar-refractivity contribution >= 4 is 15.9 Å². The Hall–Kier alpha value is -1.47. The molecule has 0 aromatic heterocycles. The highest BCUT2D eigenvalue weighted by Gasteiger charge is 2.41. The van der Waals surface area contributed by atoms with Crippen LogP contribution >= 0.6 is 0 Å². The normalized spacial score (nSPS) is 16.5. The lowest BCUT2D eigenvalue weighted by Gasteiger charge is -2.15. The smallest absolute Gasteiger partial charge is 0.254 e. The average molecular weight is 314 g/mol. The third kappa shape index (κ3) is 3.79. The van der Waals surface area contributed by atoms with E-state index in [0.717, 1.165) is 43.9 Å². The lowest BCUT2D eigenvalue weighted by Crippen LogP contribution is -2.31. The molecule has 5 nitrogen and oxygen atoms in total. The van der Waals surface area contributed by atoms with E-state index in [1.807, 2.05) is 0 Å². The van der Waals surface area contributed by atoms with Crippen molar-refractivity contribution in [3.05, 3.63) is 29.6 Å². The number of nitrogens with two attached hydrogens (primary N) is 1. The number of sulfonamides is 1. The van der Waals surface area contributed by atoms with Crippen molar-refractivity contribution in [2.45, 2.75) is 37.5 Å². The summed E-state index contributed by atoms with van der Waals surface area (Å²) in [5, 5.41) is 7.68. The van der Waals surface area contributed by atoms with E-state index in [0.29, 0.717) is 6.54 Å². The van der Waals surface area contributed by atoms with Crippen LogP contribution < -0.4 is 10.5 Å². The second kappa shape index (κ2) is 5.73. The Morgan fingerprint density at radius 1 is 1.43 bits per heavy atom. The van der Waals surface area contributed by atoms with Gasteiger partial charge in [-0.1, -0.05) is 13.3 Å². The van der Waals surface area contributed by atoms with Crippen LogP contribution in [0.15, 0.2) is 23.1 Å². The highest BCUT2D eigenvalue weighted by atomic mass is 32.2. The van der Waals surface area contributed by atoms with E-state index in [4.69, 9.17) is 5.14 Å². The largest absolute Gasteiger partial charge is 0.351 e. The highest BCUT2D eigenvalue weighted by Crippen LogP contribution is 2.48. The maximum absolute atomic E-state index is 13.7. The fraction of sp³-hybridized carbons (Fsp3) is 0.500. The van der Waals surface area contributed by atoms with Gasteiger partial charge in [-0.25, -0.2) is 17.9 Å². The molecule has 21 heavy (non-hydrogen) atoms. The first kappa shape index (κ1) is 15.9.